The molecule has 0 aliphatic rings. The highest BCUT2D eigenvalue weighted by Gasteiger charge is 2.06. The molecule has 5 nitrogen and oxygen atoms in total. The van der Waals surface area contributed by atoms with Gasteiger partial charge in [0.2, 0.25) is 0 Å². The number of amides is 1. The number of aromatic nitrogens is 1. The van der Waals surface area contributed by atoms with Crippen LogP contribution in [0, 0.1) is 11.6 Å². The molecule has 0 bridgehead atoms. The smallest absolute Gasteiger partial charge is 0.252 e. The number of rotatable bonds is 5. The van der Waals surface area contributed by atoms with Crippen molar-refractivity contribution >= 4 is 17.4 Å². The van der Waals surface area contributed by atoms with Crippen molar-refractivity contribution < 1.29 is 13.6 Å². The van der Waals surface area contributed by atoms with Crippen molar-refractivity contribution in [2.45, 2.75) is 6.42 Å². The van der Waals surface area contributed by atoms with Gasteiger partial charge in [-0.05, 0) is 17.7 Å². The predicted octanol–water partition coefficient (Wildman–Crippen LogP) is 2.41. The van der Waals surface area contributed by atoms with Crippen LogP contribution in [0.1, 0.15) is 5.56 Å². The molecule has 0 saturated heterocycles. The summed E-state index contributed by atoms with van der Waals surface area (Å²) >= 11 is 0. The van der Waals surface area contributed by atoms with Crippen molar-refractivity contribution in [1.29, 1.82) is 0 Å². The maximum atomic E-state index is 13.4. The number of carbonyl (C=O) groups excluding carboxylic acids is 1. The van der Waals surface area contributed by atoms with E-state index >= 15 is 0 Å². The Morgan fingerprint density at radius 3 is 2.83 bits per heavy atom. The summed E-state index contributed by atoms with van der Waals surface area (Å²) in [6, 6.07) is 7.19. The highest BCUT2D eigenvalue weighted by atomic mass is 19.1. The molecule has 0 unspecified atom stereocenters. The van der Waals surface area contributed by atoms with Crippen LogP contribution < -0.4 is 11.1 Å². The largest absolute Gasteiger partial charge is 0.384 e. The lowest BCUT2D eigenvalue weighted by molar-refractivity contribution is -0.117. The van der Waals surface area contributed by atoms with Crippen LogP contribution in [-0.2, 0) is 11.2 Å². The molecule has 23 heavy (non-hydrogen) atoms. The molecule has 1 aromatic carbocycles. The lowest BCUT2D eigenvalue weighted by Gasteiger charge is -2.00. The molecule has 0 spiro atoms. The lowest BCUT2D eigenvalue weighted by atomic mass is 10.1. The van der Waals surface area contributed by atoms with Crippen molar-refractivity contribution in [2.24, 2.45) is 10.7 Å². The van der Waals surface area contributed by atoms with Crippen LogP contribution in [0.4, 0.5) is 14.5 Å². The SMILES string of the molecule is NC(/C=C\Nc1cncc(F)c1)=NC(=O)Cc1ccccc1F. The van der Waals surface area contributed by atoms with Crippen molar-refractivity contribution in [3.8, 4) is 0 Å². The van der Waals surface area contributed by atoms with Gasteiger partial charge in [-0.15, -0.1) is 0 Å². The van der Waals surface area contributed by atoms with E-state index in [2.05, 4.69) is 15.3 Å². The zero-order chi connectivity index (χ0) is 16.7. The first kappa shape index (κ1) is 16.3. The van der Waals surface area contributed by atoms with Gasteiger partial charge >= 0.3 is 0 Å². The third-order valence-electron chi connectivity index (χ3n) is 2.76. The number of amidine groups is 1. The number of halogens is 2. The minimum atomic E-state index is -0.565. The summed E-state index contributed by atoms with van der Waals surface area (Å²) in [5, 5.41) is 2.73. The summed E-state index contributed by atoms with van der Waals surface area (Å²) in [5.74, 6) is -1.57. The maximum Gasteiger partial charge on any atom is 0.252 e. The average molecular weight is 316 g/mol. The summed E-state index contributed by atoms with van der Waals surface area (Å²) in [4.78, 5) is 19.0. The molecule has 0 saturated carbocycles. The minimum Gasteiger partial charge on any atom is -0.384 e. The molecule has 0 fully saturated rings. The van der Waals surface area contributed by atoms with Crippen LogP contribution in [0.5, 0.6) is 0 Å². The van der Waals surface area contributed by atoms with Gasteiger partial charge in [0.05, 0.1) is 24.5 Å². The molecule has 0 aliphatic carbocycles. The van der Waals surface area contributed by atoms with Crippen molar-refractivity contribution in [2.75, 3.05) is 5.32 Å². The van der Waals surface area contributed by atoms with Gasteiger partial charge in [-0.25, -0.2) is 8.78 Å². The molecule has 0 radical (unpaired) electrons. The highest BCUT2D eigenvalue weighted by molar-refractivity contribution is 6.00. The van der Waals surface area contributed by atoms with E-state index in [1.54, 1.807) is 6.07 Å². The standard InChI is InChI=1S/C16H14F2N4O/c17-12-8-13(10-20-9-12)21-6-5-15(19)22-16(23)7-11-3-1-2-4-14(11)18/h1-6,8-10,21H,7H2,(H2,19,22,23)/b6-5-. The number of carbonyl (C=O) groups is 1. The first-order valence-corrected chi connectivity index (χ1v) is 6.68. The van der Waals surface area contributed by atoms with Gasteiger partial charge in [0.25, 0.3) is 5.91 Å². The molecular formula is C16H14F2N4O. The molecule has 2 rings (SSSR count). The normalized spacial score (nSPS) is 11.7. The van der Waals surface area contributed by atoms with Crippen molar-refractivity contribution in [3.05, 3.63) is 72.2 Å². The molecule has 1 amide bonds. The zero-order valence-electron chi connectivity index (χ0n) is 12.0. The molecule has 1 heterocycles. The van der Waals surface area contributed by atoms with E-state index in [9.17, 15) is 13.6 Å². The van der Waals surface area contributed by atoms with E-state index in [0.717, 1.165) is 6.20 Å². The van der Waals surface area contributed by atoms with E-state index in [-0.39, 0.29) is 17.8 Å². The Labute approximate surface area is 131 Å². The number of nitrogens with two attached hydrogens (primary N) is 1. The molecule has 1 aromatic heterocycles. The number of benzene rings is 1. The van der Waals surface area contributed by atoms with Crippen LogP contribution in [0.25, 0.3) is 0 Å². The molecule has 0 aliphatic heterocycles. The Morgan fingerprint density at radius 2 is 2.09 bits per heavy atom. The Balaban J connectivity index is 1.92. The molecule has 2 aromatic rings. The van der Waals surface area contributed by atoms with E-state index < -0.39 is 17.5 Å². The number of nitrogens with zero attached hydrogens (tertiary/aromatic N) is 2. The highest BCUT2D eigenvalue weighted by Crippen LogP contribution is 2.08. The van der Waals surface area contributed by atoms with Gasteiger partial charge in [0.15, 0.2) is 0 Å². The van der Waals surface area contributed by atoms with E-state index in [1.165, 1.54) is 42.7 Å². The quantitative estimate of drug-likeness (QED) is 0.656. The first-order chi connectivity index (χ1) is 11.0. The van der Waals surface area contributed by atoms with Crippen LogP contribution in [0.3, 0.4) is 0 Å². The third-order valence-corrected chi connectivity index (χ3v) is 2.76. The fourth-order valence-electron chi connectivity index (χ4n) is 1.74. The van der Waals surface area contributed by atoms with Gasteiger partial charge in [0.1, 0.15) is 17.5 Å². The van der Waals surface area contributed by atoms with Crippen LogP contribution in [0.2, 0.25) is 0 Å². The summed E-state index contributed by atoms with van der Waals surface area (Å²) in [6.07, 6.45) is 5.05. The van der Waals surface area contributed by atoms with Crippen molar-refractivity contribution in [3.63, 3.8) is 0 Å². The summed E-state index contributed by atoms with van der Waals surface area (Å²) in [7, 11) is 0. The number of hydrogen-bond acceptors (Lipinski definition) is 3. The molecular weight excluding hydrogens is 302 g/mol. The number of hydrogen-bond donors (Lipinski definition) is 2. The monoisotopic (exact) mass is 316 g/mol. The summed E-state index contributed by atoms with van der Waals surface area (Å²) in [5.41, 5.74) is 6.25. The van der Waals surface area contributed by atoms with E-state index in [1.807, 2.05) is 0 Å². The zero-order valence-corrected chi connectivity index (χ0v) is 12.0. The van der Waals surface area contributed by atoms with Gasteiger partial charge in [-0.1, -0.05) is 18.2 Å². The molecule has 0 atom stereocenters. The fourth-order valence-corrected chi connectivity index (χ4v) is 1.74. The van der Waals surface area contributed by atoms with Crippen molar-refractivity contribution in [1.82, 2.24) is 4.98 Å². The topological polar surface area (TPSA) is 80.4 Å². The first-order valence-electron chi connectivity index (χ1n) is 6.68. The second-order valence-electron chi connectivity index (χ2n) is 4.57. The molecule has 3 N–H and O–H groups in total. The lowest BCUT2D eigenvalue weighted by Crippen LogP contribution is -2.13. The van der Waals surface area contributed by atoms with Gasteiger partial charge in [-0.2, -0.15) is 4.99 Å². The Hall–Kier alpha value is -3.09. The maximum absolute atomic E-state index is 13.4. The average Bonchev–Trinajstić information content (AvgIpc) is 2.49. The van der Waals surface area contributed by atoms with Gasteiger partial charge < -0.3 is 11.1 Å². The third kappa shape index (κ3) is 5.31. The second-order valence-corrected chi connectivity index (χ2v) is 4.57. The Morgan fingerprint density at radius 1 is 1.30 bits per heavy atom. The molecule has 7 heteroatoms. The van der Waals surface area contributed by atoms with Crippen LogP contribution >= 0.6 is 0 Å². The number of pyridine rings is 1. The van der Waals surface area contributed by atoms with E-state index in [4.69, 9.17) is 5.73 Å². The predicted molar refractivity (Wildman–Crippen MR) is 83.7 cm³/mol. The van der Waals surface area contributed by atoms with Gasteiger partial charge in [0, 0.05) is 12.3 Å². The van der Waals surface area contributed by atoms with Crippen LogP contribution in [0.15, 0.2) is 60.0 Å². The Bertz CT molecular complexity index is 759. The number of anilines is 1. The van der Waals surface area contributed by atoms with Crippen LogP contribution in [-0.4, -0.2) is 16.7 Å². The summed E-state index contributed by atoms with van der Waals surface area (Å²) in [6.45, 7) is 0. The number of nitrogens with one attached hydrogen (secondary N) is 1. The summed E-state index contributed by atoms with van der Waals surface area (Å²) < 4.78 is 26.3. The fraction of sp³-hybridized carbons (Fsp3) is 0.0625. The second kappa shape index (κ2) is 7.79. The van der Waals surface area contributed by atoms with Gasteiger partial charge in [-0.3, -0.25) is 9.78 Å². The molecule has 118 valence electrons. The number of aliphatic imine (C=N–C) groups is 1. The Kier molecular flexibility index (Phi) is 5.51. The minimum absolute atomic E-state index is 0.0526. The van der Waals surface area contributed by atoms with E-state index in [0.29, 0.717) is 5.69 Å².